The van der Waals surface area contributed by atoms with E-state index in [9.17, 15) is 0 Å². The minimum atomic E-state index is 0.708. The van der Waals surface area contributed by atoms with E-state index in [1.165, 1.54) is 5.57 Å². The van der Waals surface area contributed by atoms with Crippen LogP contribution in [0, 0.1) is 0 Å². The lowest BCUT2D eigenvalue weighted by atomic mass is 10.0. The van der Waals surface area contributed by atoms with Gasteiger partial charge >= 0.3 is 0 Å². The van der Waals surface area contributed by atoms with Crippen molar-refractivity contribution in [2.75, 3.05) is 6.54 Å². The summed E-state index contributed by atoms with van der Waals surface area (Å²) in [6.45, 7) is 0.708. The Kier molecular flexibility index (Phi) is 2.97. The van der Waals surface area contributed by atoms with E-state index in [2.05, 4.69) is 6.08 Å². The minimum Gasteiger partial charge on any atom is -0.330 e. The molecule has 1 rings (SSSR count). The quantitative estimate of drug-likeness (QED) is 0.654. The van der Waals surface area contributed by atoms with Crippen molar-refractivity contribution in [1.82, 2.24) is 0 Å². The van der Waals surface area contributed by atoms with Crippen LogP contribution in [0.25, 0.3) is 0 Å². The summed E-state index contributed by atoms with van der Waals surface area (Å²) in [5, 5.41) is 0.900. The van der Waals surface area contributed by atoms with Crippen LogP contribution in [-0.4, -0.2) is 6.54 Å². The van der Waals surface area contributed by atoms with Gasteiger partial charge in [-0.15, -0.1) is 0 Å². The van der Waals surface area contributed by atoms with Crippen LogP contribution in [0.5, 0.6) is 0 Å². The topological polar surface area (TPSA) is 26.0 Å². The highest BCUT2D eigenvalue weighted by Gasteiger charge is 2.04. The molecule has 10 heavy (non-hydrogen) atoms. The van der Waals surface area contributed by atoms with Crippen molar-refractivity contribution in [2.45, 2.75) is 19.3 Å². The number of allylic oxidation sites excluding steroid dienone is 3. The van der Waals surface area contributed by atoms with Gasteiger partial charge in [-0.2, -0.15) is 0 Å². The van der Waals surface area contributed by atoms with Gasteiger partial charge < -0.3 is 5.73 Å². The third-order valence-electron chi connectivity index (χ3n) is 1.66. The van der Waals surface area contributed by atoms with Gasteiger partial charge in [-0.3, -0.25) is 0 Å². The lowest BCUT2D eigenvalue weighted by Gasteiger charge is -2.09. The third-order valence-corrected chi connectivity index (χ3v) is 2.05. The van der Waals surface area contributed by atoms with E-state index in [0.29, 0.717) is 6.54 Å². The second-order valence-electron chi connectivity index (χ2n) is 2.43. The highest BCUT2D eigenvalue weighted by molar-refractivity contribution is 6.31. The summed E-state index contributed by atoms with van der Waals surface area (Å²) in [6.07, 6.45) is 7.22. The van der Waals surface area contributed by atoms with E-state index >= 15 is 0 Å². The maximum absolute atomic E-state index is 5.90. The lowest BCUT2D eigenvalue weighted by molar-refractivity contribution is 0.843. The molecule has 0 radical (unpaired) electrons. The molecule has 1 nitrogen and oxygen atoms in total. The molecule has 1 aliphatic carbocycles. The Morgan fingerprint density at radius 1 is 1.60 bits per heavy atom. The molecule has 0 heterocycles. The third kappa shape index (κ3) is 1.86. The van der Waals surface area contributed by atoms with Gasteiger partial charge in [0.2, 0.25) is 0 Å². The van der Waals surface area contributed by atoms with E-state index in [-0.39, 0.29) is 0 Å². The Hall–Kier alpha value is -0.270. The van der Waals surface area contributed by atoms with Crippen LogP contribution in [0.1, 0.15) is 19.3 Å². The van der Waals surface area contributed by atoms with Crippen molar-refractivity contribution in [1.29, 1.82) is 0 Å². The van der Waals surface area contributed by atoms with Gasteiger partial charge in [0.15, 0.2) is 0 Å². The molecule has 0 fully saturated rings. The van der Waals surface area contributed by atoms with Gasteiger partial charge in [0.25, 0.3) is 0 Å². The number of nitrogens with two attached hydrogens (primary N) is 1. The van der Waals surface area contributed by atoms with E-state index in [1.54, 1.807) is 0 Å². The summed E-state index contributed by atoms with van der Waals surface area (Å²) >= 11 is 5.90. The average molecular weight is 158 g/mol. The van der Waals surface area contributed by atoms with Crippen LogP contribution < -0.4 is 5.73 Å². The number of hydrogen-bond acceptors (Lipinski definition) is 1. The van der Waals surface area contributed by atoms with Crippen LogP contribution in [0.4, 0.5) is 0 Å². The molecular weight excluding hydrogens is 146 g/mol. The molecule has 0 amide bonds. The Morgan fingerprint density at radius 2 is 2.40 bits per heavy atom. The average Bonchev–Trinajstić information content (AvgIpc) is 1.94. The molecular formula is C8H12ClN. The molecule has 0 aromatic heterocycles. The molecule has 0 aromatic carbocycles. The highest BCUT2D eigenvalue weighted by Crippen LogP contribution is 2.23. The number of hydrogen-bond donors (Lipinski definition) is 1. The molecule has 2 heteroatoms. The highest BCUT2D eigenvalue weighted by atomic mass is 35.5. The molecule has 56 valence electrons. The van der Waals surface area contributed by atoms with Gasteiger partial charge in [-0.05, 0) is 31.9 Å². The predicted molar refractivity (Wildman–Crippen MR) is 44.9 cm³/mol. The van der Waals surface area contributed by atoms with Gasteiger partial charge in [0.05, 0.1) is 0 Å². The molecule has 0 unspecified atom stereocenters. The molecule has 0 saturated heterocycles. The van der Waals surface area contributed by atoms with Gasteiger partial charge in [0, 0.05) is 5.03 Å². The van der Waals surface area contributed by atoms with Crippen molar-refractivity contribution >= 4 is 11.6 Å². The molecule has 0 bridgehead atoms. The Bertz CT molecular complexity index is 170. The van der Waals surface area contributed by atoms with Crippen molar-refractivity contribution in [2.24, 2.45) is 5.73 Å². The van der Waals surface area contributed by atoms with Crippen LogP contribution in [0.15, 0.2) is 22.8 Å². The largest absolute Gasteiger partial charge is 0.330 e. The molecule has 1 aliphatic rings. The van der Waals surface area contributed by atoms with Crippen molar-refractivity contribution in [3.63, 3.8) is 0 Å². The Balaban J connectivity index is 2.60. The van der Waals surface area contributed by atoms with Crippen LogP contribution in [0.2, 0.25) is 0 Å². The molecule has 0 spiro atoms. The summed E-state index contributed by atoms with van der Waals surface area (Å²) in [7, 11) is 0. The first-order valence-corrected chi connectivity index (χ1v) is 3.96. The predicted octanol–water partition coefficient (Wildman–Crippen LogP) is 2.18. The fourth-order valence-electron chi connectivity index (χ4n) is 1.10. The van der Waals surface area contributed by atoms with E-state index in [4.69, 9.17) is 17.3 Å². The molecule has 0 aromatic rings. The van der Waals surface area contributed by atoms with Gasteiger partial charge in [-0.25, -0.2) is 0 Å². The first-order valence-electron chi connectivity index (χ1n) is 3.58. The summed E-state index contributed by atoms with van der Waals surface area (Å²) in [5.74, 6) is 0. The van der Waals surface area contributed by atoms with E-state index in [1.807, 2.05) is 6.08 Å². The fourth-order valence-corrected chi connectivity index (χ4v) is 1.38. The second-order valence-corrected chi connectivity index (χ2v) is 2.84. The summed E-state index contributed by atoms with van der Waals surface area (Å²) < 4.78 is 0. The van der Waals surface area contributed by atoms with Gasteiger partial charge in [-0.1, -0.05) is 23.3 Å². The van der Waals surface area contributed by atoms with Crippen LogP contribution in [-0.2, 0) is 0 Å². The zero-order valence-corrected chi connectivity index (χ0v) is 6.69. The standard InChI is InChI=1S/C8H12ClN/c9-8-4-2-1-3-7(8)5-6-10/h2,4H,1,3,5-6,10H2. The first kappa shape index (κ1) is 7.83. The fraction of sp³-hybridized carbons (Fsp3) is 0.500. The summed E-state index contributed by atoms with van der Waals surface area (Å²) in [6, 6.07) is 0. The normalized spacial score (nSPS) is 18.2. The SMILES string of the molecule is NCCC1=C(Cl)C=CCC1. The van der Waals surface area contributed by atoms with Crippen LogP contribution in [0.3, 0.4) is 0 Å². The first-order chi connectivity index (χ1) is 4.84. The summed E-state index contributed by atoms with van der Waals surface area (Å²) in [4.78, 5) is 0. The lowest BCUT2D eigenvalue weighted by Crippen LogP contribution is -2.02. The molecule has 0 saturated carbocycles. The van der Waals surface area contributed by atoms with Crippen LogP contribution >= 0.6 is 11.6 Å². The summed E-state index contributed by atoms with van der Waals surface area (Å²) in [5.41, 5.74) is 6.72. The molecule has 2 N–H and O–H groups in total. The molecule has 0 atom stereocenters. The zero-order valence-electron chi connectivity index (χ0n) is 5.94. The van der Waals surface area contributed by atoms with Crippen molar-refractivity contribution in [3.8, 4) is 0 Å². The Labute approximate surface area is 66.6 Å². The zero-order chi connectivity index (χ0) is 7.40. The van der Waals surface area contributed by atoms with Gasteiger partial charge in [0.1, 0.15) is 0 Å². The Morgan fingerprint density at radius 3 is 3.00 bits per heavy atom. The monoisotopic (exact) mass is 157 g/mol. The second kappa shape index (κ2) is 3.79. The van der Waals surface area contributed by atoms with Crippen molar-refractivity contribution in [3.05, 3.63) is 22.8 Å². The molecule has 0 aliphatic heterocycles. The maximum atomic E-state index is 5.90. The van der Waals surface area contributed by atoms with E-state index < -0.39 is 0 Å². The number of halogens is 1. The van der Waals surface area contributed by atoms with Crippen molar-refractivity contribution < 1.29 is 0 Å². The minimum absolute atomic E-state index is 0.708. The number of rotatable bonds is 2. The maximum Gasteiger partial charge on any atom is 0.0395 e. The smallest absolute Gasteiger partial charge is 0.0395 e. The van der Waals surface area contributed by atoms with E-state index in [0.717, 1.165) is 24.3 Å².